The molecule has 6 nitrogen and oxygen atoms in total. The number of aliphatic imine (C=N–C) groups is 1. The molecule has 35 heavy (non-hydrogen) atoms. The van der Waals surface area contributed by atoms with Crippen LogP contribution < -0.4 is 5.32 Å². The Bertz CT molecular complexity index is 1210. The summed E-state index contributed by atoms with van der Waals surface area (Å²) in [5.74, 6) is -0.541. The first-order chi connectivity index (χ1) is 16.9. The van der Waals surface area contributed by atoms with Crippen LogP contribution in [0.1, 0.15) is 50.8 Å². The normalized spacial score (nSPS) is 17.9. The van der Waals surface area contributed by atoms with Gasteiger partial charge in [-0.3, -0.25) is 4.79 Å². The Kier molecular flexibility index (Phi) is 7.98. The van der Waals surface area contributed by atoms with Crippen molar-refractivity contribution < 1.29 is 14.3 Å². The van der Waals surface area contributed by atoms with Crippen LogP contribution in [-0.2, 0) is 14.3 Å². The maximum absolute atomic E-state index is 13.5. The lowest BCUT2D eigenvalue weighted by atomic mass is 9.91. The van der Waals surface area contributed by atoms with Crippen molar-refractivity contribution in [1.82, 2.24) is 10.2 Å². The number of nitrogens with one attached hydrogen (secondary N) is 1. The van der Waals surface area contributed by atoms with Crippen LogP contribution in [-0.4, -0.2) is 34.6 Å². The summed E-state index contributed by atoms with van der Waals surface area (Å²) in [5.41, 5.74) is 3.25. The highest BCUT2D eigenvalue weighted by Crippen LogP contribution is 2.48. The summed E-state index contributed by atoms with van der Waals surface area (Å²) in [6.07, 6.45) is 1.00. The number of amides is 1. The fourth-order valence-corrected chi connectivity index (χ4v) is 5.23. The molecule has 0 radical (unpaired) electrons. The number of hydrogen-bond donors (Lipinski definition) is 1. The van der Waals surface area contributed by atoms with Crippen LogP contribution in [0.5, 0.6) is 0 Å². The smallest absolute Gasteiger partial charge is 0.338 e. The van der Waals surface area contributed by atoms with Gasteiger partial charge in [0, 0.05) is 22.3 Å². The Labute approximate surface area is 215 Å². The van der Waals surface area contributed by atoms with E-state index in [1.165, 1.54) is 11.8 Å². The monoisotopic (exact) mass is 509 g/mol. The Morgan fingerprint density at radius 1 is 1.14 bits per heavy atom. The Balaban J connectivity index is 1.85. The molecular weight excluding hydrogens is 482 g/mol. The molecule has 182 valence electrons. The minimum Gasteiger partial charge on any atom is -0.463 e. The number of thioether (sulfide) groups is 1. The van der Waals surface area contributed by atoms with Crippen molar-refractivity contribution in [1.29, 1.82) is 0 Å². The average Bonchev–Trinajstić information content (AvgIpc) is 3.26. The van der Waals surface area contributed by atoms with E-state index >= 15 is 0 Å². The molecule has 2 heterocycles. The van der Waals surface area contributed by atoms with Gasteiger partial charge in [0.25, 0.3) is 0 Å². The summed E-state index contributed by atoms with van der Waals surface area (Å²) in [6.45, 7) is 6.01. The van der Waals surface area contributed by atoms with Gasteiger partial charge in [-0.15, -0.1) is 0 Å². The maximum atomic E-state index is 13.5. The Hall–Kier alpha value is -3.03. The number of carbonyl (C=O) groups excluding carboxylic acids is 2. The van der Waals surface area contributed by atoms with Gasteiger partial charge in [0.15, 0.2) is 5.17 Å². The highest BCUT2D eigenvalue weighted by Gasteiger charge is 2.43. The minimum absolute atomic E-state index is 0.0747. The SMILES string of the molecule is CCOC(=O)C1=C(c2ccccc2)N=C2SC=C(CC(=O)N[C@@H](C)CC)N2[C@@H]1c1ccccc1Cl. The van der Waals surface area contributed by atoms with Crippen LogP contribution in [0, 0.1) is 0 Å². The number of carbonyl (C=O) groups is 2. The van der Waals surface area contributed by atoms with Crippen molar-refractivity contribution in [3.8, 4) is 0 Å². The molecule has 0 saturated heterocycles. The van der Waals surface area contributed by atoms with Gasteiger partial charge in [-0.2, -0.15) is 0 Å². The number of fused-ring (bicyclic) bond motifs is 1. The molecular formula is C27H28ClN3O3S. The lowest BCUT2D eigenvalue weighted by Gasteiger charge is -2.37. The van der Waals surface area contributed by atoms with Crippen LogP contribution >= 0.6 is 23.4 Å². The molecule has 0 saturated carbocycles. The fraction of sp³-hybridized carbons (Fsp3) is 0.296. The van der Waals surface area contributed by atoms with Crippen molar-refractivity contribution in [2.45, 2.75) is 45.7 Å². The topological polar surface area (TPSA) is 71.0 Å². The molecule has 1 amide bonds. The van der Waals surface area contributed by atoms with Crippen molar-refractivity contribution in [2.24, 2.45) is 4.99 Å². The molecule has 8 heteroatoms. The molecule has 4 rings (SSSR count). The predicted octanol–water partition coefficient (Wildman–Crippen LogP) is 5.92. The van der Waals surface area contributed by atoms with E-state index in [9.17, 15) is 9.59 Å². The number of hydrogen-bond acceptors (Lipinski definition) is 6. The van der Waals surface area contributed by atoms with Crippen LogP contribution in [0.2, 0.25) is 5.02 Å². The van der Waals surface area contributed by atoms with E-state index in [2.05, 4.69) is 5.32 Å². The van der Waals surface area contributed by atoms with Gasteiger partial charge in [0.2, 0.25) is 5.91 Å². The molecule has 0 bridgehead atoms. The molecule has 0 aromatic heterocycles. The van der Waals surface area contributed by atoms with E-state index < -0.39 is 12.0 Å². The highest BCUT2D eigenvalue weighted by atomic mass is 35.5. The van der Waals surface area contributed by atoms with E-state index in [4.69, 9.17) is 21.3 Å². The van der Waals surface area contributed by atoms with Gasteiger partial charge in [-0.05, 0) is 37.3 Å². The number of esters is 1. The second-order valence-corrected chi connectivity index (χ2v) is 9.56. The summed E-state index contributed by atoms with van der Waals surface area (Å²) in [5, 5.41) is 6.16. The zero-order valence-corrected chi connectivity index (χ0v) is 21.5. The van der Waals surface area contributed by atoms with Gasteiger partial charge in [-0.1, -0.05) is 78.8 Å². The summed E-state index contributed by atoms with van der Waals surface area (Å²) in [7, 11) is 0. The van der Waals surface area contributed by atoms with E-state index in [0.717, 1.165) is 23.2 Å². The highest BCUT2D eigenvalue weighted by molar-refractivity contribution is 8.16. The predicted molar refractivity (Wildman–Crippen MR) is 142 cm³/mol. The maximum Gasteiger partial charge on any atom is 0.338 e. The first-order valence-electron chi connectivity index (χ1n) is 11.7. The number of nitrogens with zero attached hydrogens (tertiary/aromatic N) is 2. The zero-order valence-electron chi connectivity index (χ0n) is 20.0. The molecule has 2 aliphatic heterocycles. The molecule has 0 spiro atoms. The second kappa shape index (κ2) is 11.1. The van der Waals surface area contributed by atoms with E-state index in [0.29, 0.717) is 21.5 Å². The van der Waals surface area contributed by atoms with Crippen molar-refractivity contribution >= 4 is 46.1 Å². The van der Waals surface area contributed by atoms with Crippen LogP contribution in [0.25, 0.3) is 5.70 Å². The molecule has 0 aliphatic carbocycles. The first-order valence-corrected chi connectivity index (χ1v) is 12.9. The van der Waals surface area contributed by atoms with Gasteiger partial charge in [0.1, 0.15) is 0 Å². The second-order valence-electron chi connectivity index (χ2n) is 8.32. The molecule has 2 aliphatic rings. The number of rotatable bonds is 8. The number of benzene rings is 2. The summed E-state index contributed by atoms with van der Waals surface area (Å²) in [6, 6.07) is 16.5. The lowest BCUT2D eigenvalue weighted by Crippen LogP contribution is -2.39. The number of amidine groups is 1. The van der Waals surface area contributed by atoms with Crippen molar-refractivity contribution in [2.75, 3.05) is 6.61 Å². The standard InChI is InChI=1S/C27H28ClN3O3S/c1-4-17(3)29-22(32)15-19-16-35-27-30-24(18-11-7-6-8-12-18)23(26(33)34-5-2)25(31(19)27)20-13-9-10-14-21(20)28/h6-14,16-17,25H,4-5,15H2,1-3H3,(H,29,32)/t17-,25+/m0/s1. The number of ether oxygens (including phenoxy) is 1. The summed E-state index contributed by atoms with van der Waals surface area (Å²) in [4.78, 5) is 33.1. The Morgan fingerprint density at radius 2 is 1.86 bits per heavy atom. The number of halogens is 1. The van der Waals surface area contributed by atoms with Crippen LogP contribution in [0.3, 0.4) is 0 Å². The van der Waals surface area contributed by atoms with Gasteiger partial charge in [0.05, 0.1) is 30.3 Å². The fourth-order valence-electron chi connectivity index (χ4n) is 4.07. The molecule has 0 unspecified atom stereocenters. The third-order valence-electron chi connectivity index (χ3n) is 5.91. The molecule has 1 N–H and O–H groups in total. The molecule has 2 aromatic rings. The van der Waals surface area contributed by atoms with Gasteiger partial charge in [-0.25, -0.2) is 9.79 Å². The molecule has 2 atom stereocenters. The minimum atomic E-state index is -0.594. The largest absolute Gasteiger partial charge is 0.463 e. The van der Waals surface area contributed by atoms with E-state index in [1.807, 2.05) is 72.7 Å². The Morgan fingerprint density at radius 3 is 2.54 bits per heavy atom. The quantitative estimate of drug-likeness (QED) is 0.447. The summed E-state index contributed by atoms with van der Waals surface area (Å²) < 4.78 is 5.52. The van der Waals surface area contributed by atoms with Gasteiger partial charge >= 0.3 is 5.97 Å². The third-order valence-corrected chi connectivity index (χ3v) is 7.15. The van der Waals surface area contributed by atoms with Gasteiger partial charge < -0.3 is 15.0 Å². The third kappa shape index (κ3) is 5.31. The summed E-state index contributed by atoms with van der Waals surface area (Å²) >= 11 is 8.12. The molecule has 2 aromatic carbocycles. The molecule has 0 fully saturated rings. The van der Waals surface area contributed by atoms with E-state index in [1.54, 1.807) is 13.0 Å². The van der Waals surface area contributed by atoms with Crippen molar-refractivity contribution in [3.05, 3.63) is 87.4 Å². The van der Waals surface area contributed by atoms with Crippen molar-refractivity contribution in [3.63, 3.8) is 0 Å². The van der Waals surface area contributed by atoms with Crippen LogP contribution in [0.4, 0.5) is 0 Å². The average molecular weight is 510 g/mol. The van der Waals surface area contributed by atoms with Crippen LogP contribution in [0.15, 0.2) is 76.3 Å². The lowest BCUT2D eigenvalue weighted by molar-refractivity contribution is -0.139. The zero-order chi connectivity index (χ0) is 24.9. The van der Waals surface area contributed by atoms with E-state index in [-0.39, 0.29) is 25.0 Å². The first kappa shape index (κ1) is 25.1.